The lowest BCUT2D eigenvalue weighted by Crippen LogP contribution is -2.17. The van der Waals surface area contributed by atoms with Gasteiger partial charge in [0, 0.05) is 5.56 Å². The summed E-state index contributed by atoms with van der Waals surface area (Å²) in [5, 5.41) is 0. The van der Waals surface area contributed by atoms with Crippen molar-refractivity contribution in [2.24, 2.45) is 0 Å². The molecule has 0 saturated carbocycles. The van der Waals surface area contributed by atoms with Crippen LogP contribution in [0.3, 0.4) is 0 Å². The fourth-order valence-corrected chi connectivity index (χ4v) is 1.48. The van der Waals surface area contributed by atoms with Crippen molar-refractivity contribution in [2.45, 2.75) is 6.18 Å². The van der Waals surface area contributed by atoms with E-state index in [1.807, 2.05) is 0 Å². The zero-order chi connectivity index (χ0) is 14.2. The summed E-state index contributed by atoms with van der Waals surface area (Å²) in [6, 6.07) is 4.38. The average Bonchev–Trinajstić information content (AvgIpc) is 2.34. The van der Waals surface area contributed by atoms with E-state index < -0.39 is 17.3 Å². The highest BCUT2D eigenvalue weighted by molar-refractivity contribution is 5.63. The van der Waals surface area contributed by atoms with Crippen LogP contribution in [0.2, 0.25) is 0 Å². The van der Waals surface area contributed by atoms with Gasteiger partial charge in [-0.15, -0.1) is 0 Å². The topological polar surface area (TPSA) is 97.8 Å². The molecule has 0 atom stereocenters. The number of hydrogen-bond donors (Lipinski definition) is 3. The van der Waals surface area contributed by atoms with Crippen molar-refractivity contribution in [1.82, 2.24) is 9.97 Å². The smallest absolute Gasteiger partial charge is 0.391 e. The first-order valence-corrected chi connectivity index (χ1v) is 5.12. The number of aromatic nitrogens is 2. The van der Waals surface area contributed by atoms with Gasteiger partial charge in [-0.25, -0.2) is 4.98 Å². The normalized spacial score (nSPS) is 11.5. The van der Waals surface area contributed by atoms with E-state index >= 15 is 0 Å². The Morgan fingerprint density at radius 3 is 2.47 bits per heavy atom. The second kappa shape index (κ2) is 4.30. The van der Waals surface area contributed by atoms with Crippen LogP contribution in [0.5, 0.6) is 0 Å². The van der Waals surface area contributed by atoms with Crippen LogP contribution in [0.1, 0.15) is 5.56 Å². The van der Waals surface area contributed by atoms with E-state index in [4.69, 9.17) is 11.5 Å². The maximum absolute atomic E-state index is 12.6. The van der Waals surface area contributed by atoms with Gasteiger partial charge < -0.3 is 16.5 Å². The van der Waals surface area contributed by atoms with E-state index in [1.54, 1.807) is 0 Å². The third-order valence-corrected chi connectivity index (χ3v) is 2.45. The highest BCUT2D eigenvalue weighted by Crippen LogP contribution is 2.31. The molecule has 0 fully saturated rings. The second-order valence-corrected chi connectivity index (χ2v) is 3.79. The first-order chi connectivity index (χ1) is 8.79. The van der Waals surface area contributed by atoms with Crippen molar-refractivity contribution < 1.29 is 13.2 Å². The molecule has 1 aromatic carbocycles. The van der Waals surface area contributed by atoms with Crippen molar-refractivity contribution in [3.63, 3.8) is 0 Å². The Bertz CT molecular complexity index is 678. The summed E-state index contributed by atoms with van der Waals surface area (Å²) in [6.45, 7) is 0. The Morgan fingerprint density at radius 1 is 1.21 bits per heavy atom. The molecular formula is C11H9F3N4O. The molecular weight excluding hydrogens is 261 g/mol. The van der Waals surface area contributed by atoms with Crippen LogP contribution in [0.25, 0.3) is 11.4 Å². The number of nitrogens with one attached hydrogen (secondary N) is 1. The van der Waals surface area contributed by atoms with Gasteiger partial charge in [0.15, 0.2) is 5.82 Å². The third-order valence-electron chi connectivity index (χ3n) is 2.45. The summed E-state index contributed by atoms with van der Waals surface area (Å²) in [7, 11) is 0. The SMILES string of the molecule is Nc1nc(-c2cccc(C(F)(F)F)c2)[nH]c(=O)c1N. The molecule has 0 bridgehead atoms. The molecule has 5 nitrogen and oxygen atoms in total. The van der Waals surface area contributed by atoms with E-state index in [2.05, 4.69) is 9.97 Å². The standard InChI is InChI=1S/C11H9F3N4O/c12-11(13,14)6-3-1-2-5(4-6)9-17-8(16)7(15)10(19)18-9/h1-4H,15H2,(H3,16,17,18,19). The Labute approximate surface area is 105 Å². The molecule has 0 amide bonds. The minimum absolute atomic E-state index is 0.0669. The fraction of sp³-hybridized carbons (Fsp3) is 0.0909. The summed E-state index contributed by atoms with van der Waals surface area (Å²) < 4.78 is 37.7. The number of nitrogens with zero attached hydrogens (tertiary/aromatic N) is 1. The Morgan fingerprint density at radius 2 is 1.89 bits per heavy atom. The summed E-state index contributed by atoms with van der Waals surface area (Å²) in [5.74, 6) is -0.293. The number of nitrogens with two attached hydrogens (primary N) is 2. The molecule has 100 valence electrons. The van der Waals surface area contributed by atoms with Crippen molar-refractivity contribution in [3.05, 3.63) is 40.2 Å². The lowest BCUT2D eigenvalue weighted by atomic mass is 10.1. The van der Waals surface area contributed by atoms with Gasteiger partial charge in [-0.05, 0) is 12.1 Å². The molecule has 19 heavy (non-hydrogen) atoms. The maximum Gasteiger partial charge on any atom is 0.416 e. The minimum Gasteiger partial charge on any atom is -0.391 e. The van der Waals surface area contributed by atoms with Gasteiger partial charge >= 0.3 is 6.18 Å². The summed E-state index contributed by atoms with van der Waals surface area (Å²) in [6.07, 6.45) is -4.48. The van der Waals surface area contributed by atoms with E-state index in [9.17, 15) is 18.0 Å². The van der Waals surface area contributed by atoms with Crippen LogP contribution in [0.15, 0.2) is 29.1 Å². The number of benzene rings is 1. The summed E-state index contributed by atoms with van der Waals surface area (Å²) in [5.41, 5.74) is 9.01. The molecule has 1 heterocycles. The van der Waals surface area contributed by atoms with Gasteiger partial charge in [-0.3, -0.25) is 4.79 Å². The van der Waals surface area contributed by atoms with Crippen LogP contribution in [0.4, 0.5) is 24.7 Å². The van der Waals surface area contributed by atoms with Crippen molar-refractivity contribution in [1.29, 1.82) is 0 Å². The first-order valence-electron chi connectivity index (χ1n) is 5.12. The highest BCUT2D eigenvalue weighted by Gasteiger charge is 2.30. The van der Waals surface area contributed by atoms with E-state index in [0.717, 1.165) is 12.1 Å². The Kier molecular flexibility index (Phi) is 2.93. The molecule has 8 heteroatoms. The van der Waals surface area contributed by atoms with Crippen LogP contribution in [-0.2, 0) is 6.18 Å². The van der Waals surface area contributed by atoms with Gasteiger partial charge in [-0.2, -0.15) is 13.2 Å². The zero-order valence-corrected chi connectivity index (χ0v) is 9.45. The number of alkyl halides is 3. The summed E-state index contributed by atoms with van der Waals surface area (Å²) in [4.78, 5) is 17.4. The molecule has 5 N–H and O–H groups in total. The molecule has 0 aliphatic carbocycles. The molecule has 2 rings (SSSR count). The van der Waals surface area contributed by atoms with Crippen LogP contribution in [0, 0.1) is 0 Å². The monoisotopic (exact) mass is 270 g/mol. The van der Waals surface area contributed by atoms with Crippen molar-refractivity contribution >= 4 is 11.5 Å². The quantitative estimate of drug-likeness (QED) is 0.733. The van der Waals surface area contributed by atoms with E-state index in [0.29, 0.717) is 0 Å². The van der Waals surface area contributed by atoms with E-state index in [-0.39, 0.29) is 22.9 Å². The van der Waals surface area contributed by atoms with Gasteiger partial charge in [0.05, 0.1) is 5.56 Å². The largest absolute Gasteiger partial charge is 0.416 e. The highest BCUT2D eigenvalue weighted by atomic mass is 19.4. The van der Waals surface area contributed by atoms with Crippen LogP contribution < -0.4 is 17.0 Å². The molecule has 0 aliphatic rings. The molecule has 0 radical (unpaired) electrons. The molecule has 0 saturated heterocycles. The fourth-order valence-electron chi connectivity index (χ4n) is 1.48. The van der Waals surface area contributed by atoms with Crippen LogP contribution in [-0.4, -0.2) is 9.97 Å². The minimum atomic E-state index is -4.48. The van der Waals surface area contributed by atoms with Crippen molar-refractivity contribution in [2.75, 3.05) is 11.5 Å². The van der Waals surface area contributed by atoms with Gasteiger partial charge in [0.2, 0.25) is 0 Å². The van der Waals surface area contributed by atoms with Gasteiger partial charge in [0.1, 0.15) is 11.5 Å². The second-order valence-electron chi connectivity index (χ2n) is 3.79. The van der Waals surface area contributed by atoms with E-state index in [1.165, 1.54) is 12.1 Å². The third kappa shape index (κ3) is 2.51. The number of nitrogen functional groups attached to an aromatic ring is 2. The predicted molar refractivity (Wildman–Crippen MR) is 64.1 cm³/mol. The first kappa shape index (κ1) is 12.9. The average molecular weight is 270 g/mol. The number of rotatable bonds is 1. The molecule has 0 aliphatic heterocycles. The van der Waals surface area contributed by atoms with Gasteiger partial charge in [-0.1, -0.05) is 12.1 Å². The van der Waals surface area contributed by atoms with Crippen LogP contribution >= 0.6 is 0 Å². The molecule has 1 aromatic heterocycles. The molecule has 2 aromatic rings. The number of aromatic amines is 1. The van der Waals surface area contributed by atoms with Crippen molar-refractivity contribution in [3.8, 4) is 11.4 Å². The lowest BCUT2D eigenvalue weighted by Gasteiger charge is -2.09. The molecule has 0 spiro atoms. The zero-order valence-electron chi connectivity index (χ0n) is 9.45. The Balaban J connectivity index is 2.57. The maximum atomic E-state index is 12.6. The molecule has 0 unspecified atom stereocenters. The number of hydrogen-bond acceptors (Lipinski definition) is 4. The lowest BCUT2D eigenvalue weighted by molar-refractivity contribution is -0.137. The predicted octanol–water partition coefficient (Wildman–Crippen LogP) is 1.62. The number of anilines is 2. The van der Waals surface area contributed by atoms with Gasteiger partial charge in [0.25, 0.3) is 5.56 Å². The Hall–Kier alpha value is -2.51. The number of H-pyrrole nitrogens is 1. The number of halogens is 3. The summed E-state index contributed by atoms with van der Waals surface area (Å²) >= 11 is 0.